The van der Waals surface area contributed by atoms with Gasteiger partial charge in [-0.1, -0.05) is 68.3 Å². The van der Waals surface area contributed by atoms with Crippen molar-refractivity contribution in [2.75, 3.05) is 53.6 Å². The molecule has 4 aliphatic rings. The third-order valence-corrected chi connectivity index (χ3v) is 16.1. The average molecular weight is 935 g/mol. The first-order valence-electron chi connectivity index (χ1n) is 22.4. The summed E-state index contributed by atoms with van der Waals surface area (Å²) in [6.45, 7) is 12.4. The van der Waals surface area contributed by atoms with Crippen molar-refractivity contribution in [3.8, 4) is 23.3 Å². The number of nitrogens with zero attached hydrogens (tertiary/aromatic N) is 6. The number of methoxy groups -OCH3 is 2. The zero-order valence-electron chi connectivity index (χ0n) is 36.2. The molecule has 0 spiro atoms. The van der Waals surface area contributed by atoms with E-state index in [1.807, 2.05) is 42.7 Å². The Kier molecular flexibility index (Phi) is 12.8. The minimum absolute atomic E-state index is 0.0169. The lowest BCUT2D eigenvalue weighted by Gasteiger charge is -2.52. The number of benzene rings is 3. The molecule has 3 aromatic carbocycles. The van der Waals surface area contributed by atoms with Gasteiger partial charge in [-0.05, 0) is 128 Å². The van der Waals surface area contributed by atoms with E-state index >= 15 is 0 Å². The monoisotopic (exact) mass is 934 g/mol. The molecule has 7 heterocycles. The summed E-state index contributed by atoms with van der Waals surface area (Å²) in [6, 6.07) is 25.2. The molecule has 61 heavy (non-hydrogen) atoms. The summed E-state index contributed by atoms with van der Waals surface area (Å²) in [5, 5.41) is 13.5. The molecule has 0 amide bonds. The maximum absolute atomic E-state index is 6.89. The SMILES string of the molecule is CCC1CN([C@@H](I)[C@H](COc2nnc(OC[C@H](c3ccnc4ccc(OC)cc34)[C@@H]3C[C@H]4CCN3CC4CC)c3ccccc23)c2ccnc3ccc(OC)cc23)CCC1C. The molecule has 10 rings (SSSR count). The van der Waals surface area contributed by atoms with Gasteiger partial charge in [-0.3, -0.25) is 19.8 Å². The Balaban J connectivity index is 1.03. The van der Waals surface area contributed by atoms with Gasteiger partial charge in [0.05, 0.1) is 53.3 Å². The first-order valence-corrected chi connectivity index (χ1v) is 23.6. The molecule has 2 bridgehead atoms. The smallest absolute Gasteiger partial charge is 0.241 e. The number of hydrogen-bond acceptors (Lipinski definition) is 10. The molecular formula is C50H59IN6O4. The van der Waals surface area contributed by atoms with Gasteiger partial charge in [-0.15, -0.1) is 10.2 Å². The van der Waals surface area contributed by atoms with E-state index in [-0.39, 0.29) is 15.9 Å². The molecule has 6 aromatic rings. The molecule has 320 valence electrons. The molecule has 9 atom stereocenters. The second-order valence-electron chi connectivity index (χ2n) is 17.6. The normalized spacial score (nSPS) is 24.4. The van der Waals surface area contributed by atoms with Crippen LogP contribution in [-0.4, -0.2) is 93.7 Å². The molecule has 4 unspecified atom stereocenters. The minimum Gasteiger partial charge on any atom is -0.497 e. The van der Waals surface area contributed by atoms with Crippen molar-refractivity contribution in [2.24, 2.45) is 23.7 Å². The quantitative estimate of drug-likeness (QED) is 0.0563. The number of ether oxygens (including phenoxy) is 4. The summed E-state index contributed by atoms with van der Waals surface area (Å²) in [7, 11) is 3.44. The van der Waals surface area contributed by atoms with Gasteiger partial charge in [-0.2, -0.15) is 0 Å². The molecule has 4 saturated heterocycles. The fourth-order valence-corrected chi connectivity index (χ4v) is 11.9. The first-order chi connectivity index (χ1) is 29.9. The van der Waals surface area contributed by atoms with Gasteiger partial charge in [-0.25, -0.2) is 0 Å². The van der Waals surface area contributed by atoms with Gasteiger partial charge in [0.2, 0.25) is 11.8 Å². The van der Waals surface area contributed by atoms with Gasteiger partial charge >= 0.3 is 0 Å². The van der Waals surface area contributed by atoms with Crippen LogP contribution in [-0.2, 0) is 0 Å². The number of pyridine rings is 2. The van der Waals surface area contributed by atoms with Crippen LogP contribution in [0.4, 0.5) is 0 Å². The summed E-state index contributed by atoms with van der Waals surface area (Å²) in [5.41, 5.74) is 4.33. The molecule has 0 aliphatic carbocycles. The summed E-state index contributed by atoms with van der Waals surface area (Å²) in [5.74, 6) is 5.66. The highest BCUT2D eigenvalue weighted by Crippen LogP contribution is 2.45. The Hall–Kier alpha value is -4.33. The largest absolute Gasteiger partial charge is 0.497 e. The van der Waals surface area contributed by atoms with Gasteiger partial charge in [0.15, 0.2) is 0 Å². The molecule has 0 saturated carbocycles. The van der Waals surface area contributed by atoms with Crippen LogP contribution in [0.3, 0.4) is 0 Å². The van der Waals surface area contributed by atoms with Crippen molar-refractivity contribution in [3.63, 3.8) is 0 Å². The van der Waals surface area contributed by atoms with Gasteiger partial charge in [0.25, 0.3) is 0 Å². The third-order valence-electron chi connectivity index (χ3n) is 14.5. The lowest BCUT2D eigenvalue weighted by Crippen LogP contribution is -2.55. The molecule has 4 fully saturated rings. The van der Waals surface area contributed by atoms with Crippen molar-refractivity contribution in [2.45, 2.75) is 74.8 Å². The number of fused-ring (bicyclic) bond motifs is 6. The zero-order valence-corrected chi connectivity index (χ0v) is 38.3. The number of rotatable bonds is 15. The van der Waals surface area contributed by atoms with Crippen LogP contribution in [0.2, 0.25) is 0 Å². The summed E-state index contributed by atoms with van der Waals surface area (Å²) in [4.78, 5) is 14.9. The van der Waals surface area contributed by atoms with E-state index in [0.29, 0.717) is 36.9 Å². The zero-order chi connectivity index (χ0) is 42.0. The highest BCUT2D eigenvalue weighted by molar-refractivity contribution is 14.1. The summed E-state index contributed by atoms with van der Waals surface area (Å²) in [6.07, 6.45) is 9.89. The fraction of sp³-hybridized carbons (Fsp3) is 0.480. The topological polar surface area (TPSA) is 95.0 Å². The highest BCUT2D eigenvalue weighted by atomic mass is 127. The predicted molar refractivity (Wildman–Crippen MR) is 251 cm³/mol. The number of likely N-dealkylation sites (tertiary alicyclic amines) is 1. The van der Waals surface area contributed by atoms with E-state index in [4.69, 9.17) is 39.1 Å². The number of halogens is 1. The van der Waals surface area contributed by atoms with E-state index < -0.39 is 0 Å². The molecule has 0 N–H and O–H groups in total. The van der Waals surface area contributed by atoms with Crippen molar-refractivity contribution < 1.29 is 18.9 Å². The van der Waals surface area contributed by atoms with Crippen molar-refractivity contribution in [1.82, 2.24) is 30.0 Å². The van der Waals surface area contributed by atoms with Crippen LogP contribution < -0.4 is 18.9 Å². The van der Waals surface area contributed by atoms with Crippen LogP contribution >= 0.6 is 22.6 Å². The Bertz CT molecular complexity index is 2470. The van der Waals surface area contributed by atoms with Crippen molar-refractivity contribution in [3.05, 3.63) is 96.3 Å². The number of aromatic nitrogens is 4. The number of hydrogen-bond donors (Lipinski definition) is 0. The summed E-state index contributed by atoms with van der Waals surface area (Å²) < 4.78 is 25.3. The molecular weight excluding hydrogens is 875 g/mol. The third kappa shape index (κ3) is 8.46. The second kappa shape index (κ2) is 18.6. The Morgan fingerprint density at radius 1 is 0.705 bits per heavy atom. The molecule has 10 nitrogen and oxygen atoms in total. The number of piperidine rings is 4. The average Bonchev–Trinajstić information content (AvgIpc) is 3.31. The van der Waals surface area contributed by atoms with E-state index in [0.717, 1.165) is 94.4 Å². The molecule has 4 aliphatic heterocycles. The van der Waals surface area contributed by atoms with E-state index in [9.17, 15) is 0 Å². The van der Waals surface area contributed by atoms with Crippen molar-refractivity contribution >= 4 is 55.2 Å². The highest BCUT2D eigenvalue weighted by Gasteiger charge is 2.43. The van der Waals surface area contributed by atoms with Crippen LogP contribution in [0.15, 0.2) is 85.2 Å². The van der Waals surface area contributed by atoms with E-state index in [2.05, 4.69) is 95.6 Å². The maximum atomic E-state index is 6.89. The fourth-order valence-electron chi connectivity index (χ4n) is 10.8. The Morgan fingerprint density at radius 3 is 1.93 bits per heavy atom. The number of alkyl halides is 1. The van der Waals surface area contributed by atoms with Gasteiger partial charge in [0.1, 0.15) is 11.5 Å². The van der Waals surface area contributed by atoms with Crippen LogP contribution in [0.25, 0.3) is 32.6 Å². The minimum atomic E-state index is 0.0169. The Morgan fingerprint density at radius 2 is 1.33 bits per heavy atom. The molecule has 11 heteroatoms. The predicted octanol–water partition coefficient (Wildman–Crippen LogP) is 10.3. The van der Waals surface area contributed by atoms with Gasteiger partial charge in [0, 0.05) is 54.1 Å². The van der Waals surface area contributed by atoms with Crippen LogP contribution in [0.1, 0.15) is 75.8 Å². The standard InChI is InChI=1S/C50H59IN6O4/c1-6-32-27-57(22-18-31(32)3)48(51)44(38-17-21-53-46-15-13-36(59-5)26-42(38)46)30-61-50-40-11-9-8-10-39(40)49(54-55-50)60-29-43(47-24-34-19-23-56(47)28-33(34)7-2)37-16-20-52-45-14-12-35(58-4)25-41(37)45/h8-17,20-21,25-26,31-34,43-44,47-48H,6-7,18-19,22-24,27-30H2,1-5H3/t31?,32?,33?,34-,43-,44-,47+,48-/m1/s1. The van der Waals surface area contributed by atoms with Crippen LogP contribution in [0.5, 0.6) is 23.3 Å². The van der Waals surface area contributed by atoms with Crippen molar-refractivity contribution in [1.29, 1.82) is 0 Å². The van der Waals surface area contributed by atoms with Gasteiger partial charge < -0.3 is 18.9 Å². The molecule has 0 radical (unpaired) electrons. The lowest BCUT2D eigenvalue weighted by molar-refractivity contribution is -0.0174. The van der Waals surface area contributed by atoms with E-state index in [1.54, 1.807) is 14.2 Å². The van der Waals surface area contributed by atoms with E-state index in [1.165, 1.54) is 36.8 Å². The maximum Gasteiger partial charge on any atom is 0.241 e. The lowest BCUT2D eigenvalue weighted by atomic mass is 9.70. The Labute approximate surface area is 373 Å². The second-order valence-corrected chi connectivity index (χ2v) is 18.9. The first kappa shape index (κ1) is 42.0. The summed E-state index contributed by atoms with van der Waals surface area (Å²) >= 11 is 2.66. The molecule has 3 aromatic heterocycles. The van der Waals surface area contributed by atoms with Crippen LogP contribution in [0, 0.1) is 23.7 Å².